The van der Waals surface area contributed by atoms with Crippen molar-refractivity contribution in [2.24, 2.45) is 11.7 Å². The van der Waals surface area contributed by atoms with Crippen LogP contribution in [0.1, 0.15) is 19.8 Å². The van der Waals surface area contributed by atoms with E-state index in [0.717, 1.165) is 23.0 Å². The molecule has 5 nitrogen and oxygen atoms in total. The number of benzene rings is 1. The lowest BCUT2D eigenvalue weighted by Gasteiger charge is -2.39. The summed E-state index contributed by atoms with van der Waals surface area (Å²) in [7, 11) is 0. The van der Waals surface area contributed by atoms with Crippen LogP contribution < -0.4 is 10.6 Å². The van der Waals surface area contributed by atoms with Crippen LogP contribution in [0, 0.1) is 19.6 Å². The molecule has 0 bridgehead atoms. The third kappa shape index (κ3) is 3.17. The van der Waals surface area contributed by atoms with Crippen molar-refractivity contribution in [3.63, 3.8) is 0 Å². The van der Waals surface area contributed by atoms with E-state index in [1.807, 2.05) is 12.1 Å². The molecule has 2 atom stereocenters. The number of hydrogen-bond donors (Lipinski definition) is 1. The maximum Gasteiger partial charge on any atom is 0.293 e. The average Bonchev–Trinajstić information content (AvgIpc) is 2.38. The Morgan fingerprint density at radius 3 is 2.95 bits per heavy atom. The van der Waals surface area contributed by atoms with Crippen LogP contribution in [0.4, 0.5) is 11.4 Å². The number of nitrogens with two attached hydrogens (primary N) is 1. The van der Waals surface area contributed by atoms with E-state index in [4.69, 9.17) is 5.73 Å². The van der Waals surface area contributed by atoms with Crippen molar-refractivity contribution in [1.29, 1.82) is 0 Å². The van der Waals surface area contributed by atoms with Crippen molar-refractivity contribution < 1.29 is 4.92 Å². The van der Waals surface area contributed by atoms with Gasteiger partial charge in [0.05, 0.1) is 4.92 Å². The summed E-state index contributed by atoms with van der Waals surface area (Å²) < 4.78 is 0.878. The minimum atomic E-state index is -0.302. The molecule has 1 aliphatic rings. The second-order valence-corrected chi connectivity index (χ2v) is 6.35. The lowest BCUT2D eigenvalue weighted by atomic mass is 9.92. The molecule has 1 aromatic rings. The van der Waals surface area contributed by atoms with Crippen molar-refractivity contribution in [2.45, 2.75) is 25.8 Å². The van der Waals surface area contributed by atoms with Gasteiger partial charge in [0.2, 0.25) is 0 Å². The number of anilines is 1. The number of piperidine rings is 1. The number of hydrogen-bond acceptors (Lipinski definition) is 4. The van der Waals surface area contributed by atoms with Gasteiger partial charge in [-0.1, -0.05) is 6.92 Å². The maximum absolute atomic E-state index is 11.2. The van der Waals surface area contributed by atoms with E-state index >= 15 is 0 Å². The van der Waals surface area contributed by atoms with Gasteiger partial charge >= 0.3 is 0 Å². The Kier molecular flexibility index (Phi) is 4.62. The summed E-state index contributed by atoms with van der Waals surface area (Å²) in [6, 6.07) is 5.58. The fourth-order valence-corrected chi connectivity index (χ4v) is 3.15. The second-order valence-electron chi connectivity index (χ2n) is 5.10. The smallest absolute Gasteiger partial charge is 0.293 e. The zero-order valence-corrected chi connectivity index (χ0v) is 13.0. The van der Waals surface area contributed by atoms with E-state index in [0.29, 0.717) is 18.2 Å². The minimum absolute atomic E-state index is 0.180. The van der Waals surface area contributed by atoms with E-state index in [1.165, 1.54) is 0 Å². The minimum Gasteiger partial charge on any atom is -0.362 e. The zero-order valence-electron chi connectivity index (χ0n) is 10.9. The van der Waals surface area contributed by atoms with Gasteiger partial charge in [-0.3, -0.25) is 10.1 Å². The predicted octanol–water partition coefficient (Wildman–Crippen LogP) is 2.76. The van der Waals surface area contributed by atoms with Crippen molar-refractivity contribution in [1.82, 2.24) is 0 Å². The van der Waals surface area contributed by atoms with Gasteiger partial charge in [-0.2, -0.15) is 0 Å². The lowest BCUT2D eigenvalue weighted by molar-refractivity contribution is -0.384. The van der Waals surface area contributed by atoms with Crippen LogP contribution in [0.2, 0.25) is 0 Å². The van der Waals surface area contributed by atoms with Gasteiger partial charge in [0.1, 0.15) is 5.69 Å². The van der Waals surface area contributed by atoms with E-state index < -0.39 is 0 Å². The third-order valence-corrected chi connectivity index (χ3v) is 4.36. The highest BCUT2D eigenvalue weighted by molar-refractivity contribution is 14.1. The molecule has 2 unspecified atom stereocenters. The highest BCUT2D eigenvalue weighted by Gasteiger charge is 2.29. The summed E-state index contributed by atoms with van der Waals surface area (Å²) in [6.45, 7) is 3.58. The summed E-state index contributed by atoms with van der Waals surface area (Å²) in [5.74, 6) is 0.632. The number of nitro groups is 1. The molecule has 0 aromatic heterocycles. The summed E-state index contributed by atoms with van der Waals surface area (Å²) in [6.07, 6.45) is 2.05. The molecule has 1 aliphatic heterocycles. The zero-order chi connectivity index (χ0) is 14.0. The van der Waals surface area contributed by atoms with Gasteiger partial charge in [-0.15, -0.1) is 0 Å². The number of rotatable bonds is 3. The molecular weight excluding hydrogens is 357 g/mol. The van der Waals surface area contributed by atoms with Gasteiger partial charge in [0.15, 0.2) is 0 Å². The van der Waals surface area contributed by atoms with Crippen molar-refractivity contribution in [3.05, 3.63) is 31.9 Å². The average molecular weight is 375 g/mol. The summed E-state index contributed by atoms with van der Waals surface area (Å²) in [5, 5.41) is 11.2. The fraction of sp³-hybridized carbons (Fsp3) is 0.538. The molecule has 19 heavy (non-hydrogen) atoms. The SMILES string of the molecule is CC1CCN(c2ccc(I)cc2[N+](=O)[O-])C(CN)C1. The Balaban J connectivity index is 2.37. The summed E-state index contributed by atoms with van der Waals surface area (Å²) in [4.78, 5) is 13.0. The van der Waals surface area contributed by atoms with Gasteiger partial charge in [-0.25, -0.2) is 0 Å². The van der Waals surface area contributed by atoms with Crippen LogP contribution in [-0.4, -0.2) is 24.1 Å². The highest BCUT2D eigenvalue weighted by atomic mass is 127. The Morgan fingerprint density at radius 1 is 1.58 bits per heavy atom. The number of halogens is 1. The largest absolute Gasteiger partial charge is 0.362 e. The number of nitro benzene ring substituents is 1. The summed E-state index contributed by atoms with van der Waals surface area (Å²) in [5.41, 5.74) is 6.72. The predicted molar refractivity (Wildman–Crippen MR) is 84.4 cm³/mol. The third-order valence-electron chi connectivity index (χ3n) is 3.69. The molecule has 2 rings (SSSR count). The lowest BCUT2D eigenvalue weighted by Crippen LogP contribution is -2.46. The highest BCUT2D eigenvalue weighted by Crippen LogP contribution is 2.35. The van der Waals surface area contributed by atoms with Crippen molar-refractivity contribution in [2.75, 3.05) is 18.0 Å². The molecule has 1 aromatic carbocycles. The first-order chi connectivity index (χ1) is 9.02. The Bertz CT molecular complexity index is 481. The molecule has 0 saturated carbocycles. The van der Waals surface area contributed by atoms with Crippen LogP contribution in [0.15, 0.2) is 18.2 Å². The van der Waals surface area contributed by atoms with Crippen LogP contribution in [0.5, 0.6) is 0 Å². The van der Waals surface area contributed by atoms with Gasteiger partial charge in [-0.05, 0) is 53.5 Å². The fourth-order valence-electron chi connectivity index (χ4n) is 2.68. The Labute approximate surface area is 126 Å². The topological polar surface area (TPSA) is 72.4 Å². The van der Waals surface area contributed by atoms with E-state index in [2.05, 4.69) is 34.4 Å². The molecule has 1 heterocycles. The van der Waals surface area contributed by atoms with Crippen molar-refractivity contribution >= 4 is 34.0 Å². The second kappa shape index (κ2) is 6.04. The number of nitrogens with zero attached hydrogens (tertiary/aromatic N) is 2. The molecule has 0 spiro atoms. The first-order valence-electron chi connectivity index (χ1n) is 6.43. The monoisotopic (exact) mass is 375 g/mol. The molecule has 104 valence electrons. The molecule has 2 N–H and O–H groups in total. The van der Waals surface area contributed by atoms with Crippen LogP contribution in [-0.2, 0) is 0 Å². The van der Waals surface area contributed by atoms with Crippen LogP contribution in [0.25, 0.3) is 0 Å². The Hall–Kier alpha value is -0.890. The maximum atomic E-state index is 11.2. The van der Waals surface area contributed by atoms with Crippen molar-refractivity contribution in [3.8, 4) is 0 Å². The first-order valence-corrected chi connectivity index (χ1v) is 7.51. The van der Waals surface area contributed by atoms with E-state index in [9.17, 15) is 10.1 Å². The Morgan fingerprint density at radius 2 is 2.32 bits per heavy atom. The van der Waals surface area contributed by atoms with Gasteiger partial charge < -0.3 is 10.6 Å². The molecule has 0 aliphatic carbocycles. The van der Waals surface area contributed by atoms with Gasteiger partial charge in [0.25, 0.3) is 5.69 Å². The summed E-state index contributed by atoms with van der Waals surface area (Å²) >= 11 is 2.10. The molecule has 1 saturated heterocycles. The van der Waals surface area contributed by atoms with E-state index in [-0.39, 0.29) is 16.7 Å². The van der Waals surface area contributed by atoms with Gasteiger partial charge in [0, 0.05) is 28.8 Å². The quantitative estimate of drug-likeness (QED) is 0.501. The van der Waals surface area contributed by atoms with Crippen LogP contribution >= 0.6 is 22.6 Å². The molecule has 0 radical (unpaired) electrons. The normalized spacial score (nSPS) is 23.4. The first kappa shape index (κ1) is 14.5. The molecule has 0 amide bonds. The molecular formula is C13H18IN3O2. The standard InChI is InChI=1S/C13H18IN3O2/c1-9-4-5-16(11(6-9)8-15)12-3-2-10(14)7-13(12)17(18)19/h2-3,7,9,11H,4-6,8,15H2,1H3. The van der Waals surface area contributed by atoms with E-state index in [1.54, 1.807) is 6.07 Å². The van der Waals surface area contributed by atoms with Crippen LogP contribution in [0.3, 0.4) is 0 Å². The molecule has 6 heteroatoms. The molecule has 1 fully saturated rings.